The van der Waals surface area contributed by atoms with Gasteiger partial charge in [-0.1, -0.05) is 109 Å². The van der Waals surface area contributed by atoms with E-state index >= 15 is 0 Å². The Kier molecular flexibility index (Phi) is 5.43. The molecule has 2 N–H and O–H groups in total. The van der Waals surface area contributed by atoms with E-state index in [1.807, 2.05) is 0 Å². The lowest BCUT2D eigenvalue weighted by atomic mass is 9.99. The van der Waals surface area contributed by atoms with Crippen LogP contribution in [0.4, 0.5) is 0 Å². The van der Waals surface area contributed by atoms with Crippen molar-refractivity contribution >= 4 is 0 Å². The summed E-state index contributed by atoms with van der Waals surface area (Å²) in [5.41, 5.74) is 8.04. The van der Waals surface area contributed by atoms with Gasteiger partial charge in [0.1, 0.15) is 0 Å². The van der Waals surface area contributed by atoms with Gasteiger partial charge in [-0.2, -0.15) is 0 Å². The van der Waals surface area contributed by atoms with Gasteiger partial charge in [0.25, 0.3) is 0 Å². The number of benzene rings is 4. The van der Waals surface area contributed by atoms with Crippen LogP contribution in [0.1, 0.15) is 34.3 Å². The summed E-state index contributed by atoms with van der Waals surface area (Å²) in [5.74, 6) is 0. The molecule has 4 aromatic rings. The van der Waals surface area contributed by atoms with E-state index in [0.717, 1.165) is 13.1 Å². The zero-order valence-corrected chi connectivity index (χ0v) is 17.0. The predicted octanol–water partition coefficient (Wildman–Crippen LogP) is 5.73. The van der Waals surface area contributed by atoms with E-state index in [4.69, 9.17) is 0 Å². The molecule has 0 unspecified atom stereocenters. The van der Waals surface area contributed by atoms with Crippen molar-refractivity contribution in [3.63, 3.8) is 0 Å². The highest BCUT2D eigenvalue weighted by Crippen LogP contribution is 2.42. The molecule has 0 spiro atoms. The molecule has 0 heterocycles. The van der Waals surface area contributed by atoms with Gasteiger partial charge in [-0.15, -0.1) is 0 Å². The zero-order chi connectivity index (χ0) is 20.2. The van der Waals surface area contributed by atoms with Crippen LogP contribution in [0.25, 0.3) is 11.1 Å². The molecule has 0 fully saturated rings. The second-order valence-electron chi connectivity index (χ2n) is 7.77. The third kappa shape index (κ3) is 3.68. The summed E-state index contributed by atoms with van der Waals surface area (Å²) in [4.78, 5) is 0. The van der Waals surface area contributed by atoms with Crippen molar-refractivity contribution in [2.24, 2.45) is 0 Å². The summed E-state index contributed by atoms with van der Waals surface area (Å²) < 4.78 is 0. The average molecular weight is 391 g/mol. The fraction of sp³-hybridized carbons (Fsp3) is 0.143. The van der Waals surface area contributed by atoms with Gasteiger partial charge in [-0.3, -0.25) is 0 Å². The van der Waals surface area contributed by atoms with Crippen LogP contribution in [-0.2, 0) is 0 Å². The highest BCUT2D eigenvalue weighted by atomic mass is 15.0. The van der Waals surface area contributed by atoms with Crippen LogP contribution >= 0.6 is 0 Å². The van der Waals surface area contributed by atoms with Crippen LogP contribution in [-0.4, -0.2) is 13.1 Å². The molecule has 30 heavy (non-hydrogen) atoms. The zero-order valence-electron chi connectivity index (χ0n) is 17.0. The molecule has 1 aliphatic rings. The molecule has 2 nitrogen and oxygen atoms in total. The van der Waals surface area contributed by atoms with Gasteiger partial charge >= 0.3 is 0 Å². The third-order valence-corrected chi connectivity index (χ3v) is 5.92. The summed E-state index contributed by atoms with van der Waals surface area (Å²) in [7, 11) is 0. The lowest BCUT2D eigenvalue weighted by molar-refractivity contribution is 0.541. The normalized spacial score (nSPS) is 12.7. The molecule has 0 saturated carbocycles. The van der Waals surface area contributed by atoms with Gasteiger partial charge in [0.15, 0.2) is 0 Å². The highest BCUT2D eigenvalue weighted by Gasteiger charge is 2.27. The summed E-state index contributed by atoms with van der Waals surface area (Å²) in [5, 5.41) is 7.55. The van der Waals surface area contributed by atoms with Crippen molar-refractivity contribution in [1.82, 2.24) is 10.6 Å². The molecule has 0 amide bonds. The Bertz CT molecular complexity index is 1020. The standard InChI is InChI=1S/C28H26N2/c1-3-11-21(12-4-1)27(22-13-5-2-6-14-22)29-19-20-30-28-25-17-9-7-15-23(25)24-16-8-10-18-26(24)28/h1-18,27-30H,19-20H2. The van der Waals surface area contributed by atoms with Crippen LogP contribution in [0.3, 0.4) is 0 Å². The number of rotatable bonds is 7. The minimum absolute atomic E-state index is 0.192. The molecule has 4 aromatic carbocycles. The minimum atomic E-state index is 0.192. The Morgan fingerprint density at radius 3 is 1.53 bits per heavy atom. The Hall–Kier alpha value is -3.20. The first-order valence-electron chi connectivity index (χ1n) is 10.7. The predicted molar refractivity (Wildman–Crippen MR) is 124 cm³/mol. The fourth-order valence-electron chi connectivity index (χ4n) is 4.53. The van der Waals surface area contributed by atoms with Gasteiger partial charge in [-0.25, -0.2) is 0 Å². The topological polar surface area (TPSA) is 24.1 Å². The van der Waals surface area contributed by atoms with Crippen molar-refractivity contribution < 1.29 is 0 Å². The molecule has 0 saturated heterocycles. The van der Waals surface area contributed by atoms with Crippen LogP contribution in [0.15, 0.2) is 109 Å². The van der Waals surface area contributed by atoms with Gasteiger partial charge in [0.05, 0.1) is 12.1 Å². The summed E-state index contributed by atoms with van der Waals surface area (Å²) in [6.45, 7) is 1.78. The molecule has 0 bridgehead atoms. The first-order valence-corrected chi connectivity index (χ1v) is 10.7. The second-order valence-corrected chi connectivity index (χ2v) is 7.77. The largest absolute Gasteiger partial charge is 0.305 e. The summed E-state index contributed by atoms with van der Waals surface area (Å²) in [6, 6.07) is 39.3. The maximum absolute atomic E-state index is 3.79. The van der Waals surface area contributed by atoms with Gasteiger partial charge in [0, 0.05) is 13.1 Å². The Morgan fingerprint density at radius 1 is 0.533 bits per heavy atom. The molecule has 0 radical (unpaired) electrons. The van der Waals surface area contributed by atoms with Gasteiger partial charge in [0.2, 0.25) is 0 Å². The second kappa shape index (κ2) is 8.66. The van der Waals surface area contributed by atoms with Crippen LogP contribution in [0.2, 0.25) is 0 Å². The van der Waals surface area contributed by atoms with E-state index in [1.165, 1.54) is 33.4 Å². The molecule has 1 aliphatic carbocycles. The van der Waals surface area contributed by atoms with Gasteiger partial charge < -0.3 is 10.6 Å². The number of hydrogen-bond acceptors (Lipinski definition) is 2. The van der Waals surface area contributed by atoms with Crippen LogP contribution in [0.5, 0.6) is 0 Å². The van der Waals surface area contributed by atoms with E-state index in [-0.39, 0.29) is 12.1 Å². The van der Waals surface area contributed by atoms with Crippen LogP contribution in [0, 0.1) is 0 Å². The fourth-order valence-corrected chi connectivity index (χ4v) is 4.53. The summed E-state index contributed by atoms with van der Waals surface area (Å²) in [6.07, 6.45) is 0. The first kappa shape index (κ1) is 18.8. The quantitative estimate of drug-likeness (QED) is 0.394. The Balaban J connectivity index is 1.30. The van der Waals surface area contributed by atoms with Crippen molar-refractivity contribution in [2.45, 2.75) is 12.1 Å². The molecule has 2 heteroatoms. The van der Waals surface area contributed by atoms with Crippen molar-refractivity contribution in [1.29, 1.82) is 0 Å². The van der Waals surface area contributed by atoms with E-state index < -0.39 is 0 Å². The van der Waals surface area contributed by atoms with Crippen molar-refractivity contribution in [2.75, 3.05) is 13.1 Å². The number of fused-ring (bicyclic) bond motifs is 3. The van der Waals surface area contributed by atoms with E-state index in [1.54, 1.807) is 0 Å². The molecule has 0 atom stereocenters. The molecule has 5 rings (SSSR count). The third-order valence-electron chi connectivity index (χ3n) is 5.92. The van der Waals surface area contributed by atoms with Crippen molar-refractivity contribution in [3.05, 3.63) is 131 Å². The first-order chi connectivity index (χ1) is 14.9. The Labute approximate surface area is 178 Å². The minimum Gasteiger partial charge on any atom is -0.305 e. The molecular weight excluding hydrogens is 364 g/mol. The number of hydrogen-bond donors (Lipinski definition) is 2. The maximum Gasteiger partial charge on any atom is 0.0589 e. The summed E-state index contributed by atoms with van der Waals surface area (Å²) >= 11 is 0. The smallest absolute Gasteiger partial charge is 0.0589 e. The van der Waals surface area contributed by atoms with E-state index in [2.05, 4.69) is 120 Å². The van der Waals surface area contributed by atoms with Crippen LogP contribution < -0.4 is 10.6 Å². The molecule has 0 aliphatic heterocycles. The lowest BCUT2D eigenvalue weighted by Crippen LogP contribution is -2.32. The number of nitrogens with one attached hydrogen (secondary N) is 2. The Morgan fingerprint density at radius 2 is 1.00 bits per heavy atom. The van der Waals surface area contributed by atoms with Crippen molar-refractivity contribution in [3.8, 4) is 11.1 Å². The average Bonchev–Trinajstić information content (AvgIpc) is 3.14. The van der Waals surface area contributed by atoms with E-state index in [9.17, 15) is 0 Å². The SMILES string of the molecule is c1ccc(C(NCCNC2c3ccccc3-c3ccccc32)c2ccccc2)cc1. The van der Waals surface area contributed by atoms with E-state index in [0.29, 0.717) is 0 Å². The van der Waals surface area contributed by atoms with Gasteiger partial charge in [-0.05, 0) is 33.4 Å². The highest BCUT2D eigenvalue weighted by molar-refractivity contribution is 5.78. The molecular formula is C28H26N2. The molecule has 0 aromatic heterocycles. The lowest BCUT2D eigenvalue weighted by Gasteiger charge is -2.21. The monoisotopic (exact) mass is 390 g/mol. The molecule has 148 valence electrons. The maximum atomic E-state index is 3.79.